The van der Waals surface area contributed by atoms with Gasteiger partial charge in [-0.25, -0.2) is 9.18 Å². The van der Waals surface area contributed by atoms with Gasteiger partial charge in [-0.05, 0) is 48.7 Å². The van der Waals surface area contributed by atoms with Gasteiger partial charge in [0.2, 0.25) is 11.8 Å². The molecule has 1 aliphatic rings. The zero-order valence-electron chi connectivity index (χ0n) is 20.1. The van der Waals surface area contributed by atoms with Crippen molar-refractivity contribution in [3.8, 4) is 11.5 Å². The number of carbonyl (C=O) groups excluding carboxylic acids is 3. The third-order valence-corrected chi connectivity index (χ3v) is 5.79. The average Bonchev–Trinajstić information content (AvgIpc) is 2.83. The van der Waals surface area contributed by atoms with E-state index >= 15 is 0 Å². The lowest BCUT2D eigenvalue weighted by Crippen LogP contribution is -2.53. The van der Waals surface area contributed by atoms with E-state index in [1.54, 1.807) is 30.2 Å². The summed E-state index contributed by atoms with van der Waals surface area (Å²) in [5.41, 5.74) is 1.19. The van der Waals surface area contributed by atoms with Gasteiger partial charge in [-0.3, -0.25) is 9.59 Å². The molecule has 0 radical (unpaired) electrons. The number of nitrogens with zero attached hydrogens (tertiary/aromatic N) is 1. The molecule has 188 valence electrons. The van der Waals surface area contributed by atoms with Crippen LogP contribution in [-0.2, 0) is 16.0 Å². The summed E-state index contributed by atoms with van der Waals surface area (Å²) in [6.45, 7) is 2.24. The van der Waals surface area contributed by atoms with Gasteiger partial charge in [0.05, 0.1) is 14.2 Å². The molecule has 0 aromatic heterocycles. The fourth-order valence-corrected chi connectivity index (χ4v) is 4.00. The number of methoxy groups -OCH3 is 2. The molecule has 2 aromatic rings. The molecule has 9 nitrogen and oxygen atoms in total. The van der Waals surface area contributed by atoms with E-state index in [1.165, 1.54) is 32.2 Å². The number of ether oxygens (including phenoxy) is 2. The van der Waals surface area contributed by atoms with Crippen LogP contribution in [0.5, 0.6) is 11.5 Å². The van der Waals surface area contributed by atoms with Crippen molar-refractivity contribution in [1.82, 2.24) is 15.5 Å². The first-order valence-electron chi connectivity index (χ1n) is 11.4. The molecule has 0 spiro atoms. The minimum absolute atomic E-state index is 0.137. The number of nitrogens with one attached hydrogen (secondary N) is 3. The van der Waals surface area contributed by atoms with Crippen LogP contribution in [0.4, 0.5) is 14.9 Å². The van der Waals surface area contributed by atoms with Crippen LogP contribution in [0.25, 0.3) is 0 Å². The Bertz CT molecular complexity index is 1060. The number of hydrogen-bond acceptors (Lipinski definition) is 5. The number of urea groups is 1. The predicted molar refractivity (Wildman–Crippen MR) is 129 cm³/mol. The van der Waals surface area contributed by atoms with Crippen LogP contribution in [0.2, 0.25) is 0 Å². The minimum atomic E-state index is -0.764. The number of piperidine rings is 1. The van der Waals surface area contributed by atoms with E-state index in [1.807, 2.05) is 6.07 Å². The molecular formula is C25H31FN4O5. The van der Waals surface area contributed by atoms with E-state index in [4.69, 9.17) is 9.47 Å². The molecule has 1 saturated heterocycles. The SMILES string of the molecule is COc1ccc(C[C@@H](NC(C)=O)C(=O)NC2CCN(C(=O)Nc3cccc(F)c3)CC2)cc1OC. The summed E-state index contributed by atoms with van der Waals surface area (Å²) in [4.78, 5) is 38.9. The molecule has 2 aromatic carbocycles. The first-order chi connectivity index (χ1) is 16.8. The molecule has 0 saturated carbocycles. The second-order valence-corrected chi connectivity index (χ2v) is 8.36. The molecule has 10 heteroatoms. The van der Waals surface area contributed by atoms with Gasteiger partial charge >= 0.3 is 6.03 Å². The van der Waals surface area contributed by atoms with Crippen molar-refractivity contribution in [1.29, 1.82) is 0 Å². The van der Waals surface area contributed by atoms with Crippen LogP contribution in [0.15, 0.2) is 42.5 Å². The number of halogens is 1. The van der Waals surface area contributed by atoms with Crippen molar-refractivity contribution < 1.29 is 28.2 Å². The number of anilines is 1. The van der Waals surface area contributed by atoms with E-state index in [2.05, 4.69) is 16.0 Å². The van der Waals surface area contributed by atoms with Crippen molar-refractivity contribution in [2.45, 2.75) is 38.3 Å². The Morgan fingerprint density at radius 2 is 1.77 bits per heavy atom. The lowest BCUT2D eigenvalue weighted by molar-refractivity contribution is -0.128. The lowest BCUT2D eigenvalue weighted by atomic mass is 10.0. The second kappa shape index (κ2) is 12.0. The van der Waals surface area contributed by atoms with E-state index in [0.29, 0.717) is 43.1 Å². The van der Waals surface area contributed by atoms with Gasteiger partial charge in [0.15, 0.2) is 11.5 Å². The number of hydrogen-bond donors (Lipinski definition) is 3. The van der Waals surface area contributed by atoms with E-state index in [-0.39, 0.29) is 30.3 Å². The van der Waals surface area contributed by atoms with Crippen LogP contribution in [0.3, 0.4) is 0 Å². The van der Waals surface area contributed by atoms with Crippen LogP contribution in [0, 0.1) is 5.82 Å². The lowest BCUT2D eigenvalue weighted by Gasteiger charge is -2.33. The van der Waals surface area contributed by atoms with Gasteiger partial charge < -0.3 is 30.3 Å². The van der Waals surface area contributed by atoms with Gasteiger partial charge in [-0.1, -0.05) is 12.1 Å². The molecule has 1 aliphatic heterocycles. The monoisotopic (exact) mass is 486 g/mol. The number of likely N-dealkylation sites (tertiary alicyclic amines) is 1. The molecule has 0 unspecified atom stereocenters. The molecule has 1 fully saturated rings. The predicted octanol–water partition coefficient (Wildman–Crippen LogP) is 2.70. The summed E-state index contributed by atoms with van der Waals surface area (Å²) in [7, 11) is 3.08. The molecule has 1 atom stereocenters. The van der Waals surface area contributed by atoms with Gasteiger partial charge in [0.1, 0.15) is 11.9 Å². The summed E-state index contributed by atoms with van der Waals surface area (Å²) >= 11 is 0. The highest BCUT2D eigenvalue weighted by atomic mass is 19.1. The van der Waals surface area contributed by atoms with Gasteiger partial charge in [0.25, 0.3) is 0 Å². The van der Waals surface area contributed by atoms with Crippen molar-refractivity contribution in [2.75, 3.05) is 32.6 Å². The Morgan fingerprint density at radius 3 is 2.40 bits per heavy atom. The Kier molecular flexibility index (Phi) is 8.88. The number of amides is 4. The summed E-state index contributed by atoms with van der Waals surface area (Å²) in [5, 5.41) is 8.39. The average molecular weight is 487 g/mol. The second-order valence-electron chi connectivity index (χ2n) is 8.36. The Balaban J connectivity index is 1.55. The first kappa shape index (κ1) is 25.8. The highest BCUT2D eigenvalue weighted by molar-refractivity contribution is 5.89. The molecule has 35 heavy (non-hydrogen) atoms. The van der Waals surface area contributed by atoms with E-state index in [0.717, 1.165) is 5.56 Å². The number of benzene rings is 2. The molecule has 0 aliphatic carbocycles. The highest BCUT2D eigenvalue weighted by Gasteiger charge is 2.27. The van der Waals surface area contributed by atoms with E-state index < -0.39 is 11.9 Å². The normalized spacial score (nSPS) is 14.6. The van der Waals surface area contributed by atoms with Crippen molar-refractivity contribution in [3.05, 3.63) is 53.8 Å². The summed E-state index contributed by atoms with van der Waals surface area (Å²) < 4.78 is 23.9. The van der Waals surface area contributed by atoms with Crippen LogP contribution in [0.1, 0.15) is 25.3 Å². The smallest absolute Gasteiger partial charge is 0.321 e. The van der Waals surface area contributed by atoms with E-state index in [9.17, 15) is 18.8 Å². The van der Waals surface area contributed by atoms with Crippen molar-refractivity contribution in [2.24, 2.45) is 0 Å². The molecule has 4 amide bonds. The largest absolute Gasteiger partial charge is 0.493 e. The van der Waals surface area contributed by atoms with Gasteiger partial charge in [-0.2, -0.15) is 0 Å². The third-order valence-electron chi connectivity index (χ3n) is 5.79. The molecule has 0 bridgehead atoms. The van der Waals surface area contributed by atoms with Crippen LogP contribution < -0.4 is 25.4 Å². The van der Waals surface area contributed by atoms with Crippen molar-refractivity contribution >= 4 is 23.5 Å². The standard InChI is InChI=1S/C25H31FN4O5/c1-16(31)27-21(13-17-7-8-22(34-2)23(14-17)35-3)24(32)28-19-9-11-30(12-10-19)25(33)29-20-6-4-5-18(26)15-20/h4-8,14-15,19,21H,9-13H2,1-3H3,(H,27,31)(H,28,32)(H,29,33)/t21-/m1/s1. The van der Waals surface area contributed by atoms with Gasteiger partial charge in [0, 0.05) is 38.2 Å². The number of carbonyl (C=O) groups is 3. The molecule has 3 N–H and O–H groups in total. The van der Waals surface area contributed by atoms with Crippen molar-refractivity contribution in [3.63, 3.8) is 0 Å². The number of rotatable bonds is 8. The fraction of sp³-hybridized carbons (Fsp3) is 0.400. The maximum atomic E-state index is 13.3. The quantitative estimate of drug-likeness (QED) is 0.532. The minimum Gasteiger partial charge on any atom is -0.493 e. The first-order valence-corrected chi connectivity index (χ1v) is 11.4. The zero-order valence-corrected chi connectivity index (χ0v) is 20.1. The summed E-state index contributed by atoms with van der Waals surface area (Å²) in [6, 6.07) is 9.84. The Hall–Kier alpha value is -3.82. The fourth-order valence-electron chi connectivity index (χ4n) is 4.00. The summed E-state index contributed by atoms with van der Waals surface area (Å²) in [5.74, 6) is 0.0824. The molecule has 1 heterocycles. The van der Waals surface area contributed by atoms with Crippen LogP contribution in [-0.4, -0.2) is 62.1 Å². The Morgan fingerprint density at radius 1 is 1.06 bits per heavy atom. The third kappa shape index (κ3) is 7.33. The Labute approximate surface area is 204 Å². The molecule has 3 rings (SSSR count). The zero-order chi connectivity index (χ0) is 25.4. The molecular weight excluding hydrogens is 455 g/mol. The maximum absolute atomic E-state index is 13.3. The van der Waals surface area contributed by atoms with Gasteiger partial charge in [-0.15, -0.1) is 0 Å². The maximum Gasteiger partial charge on any atom is 0.321 e. The highest BCUT2D eigenvalue weighted by Crippen LogP contribution is 2.28. The topological polar surface area (TPSA) is 109 Å². The summed E-state index contributed by atoms with van der Waals surface area (Å²) in [6.07, 6.45) is 1.40. The van der Waals surface area contributed by atoms with Crippen LogP contribution >= 0.6 is 0 Å².